The molecule has 128 valence electrons. The Hall–Kier alpha value is -2.62. The van der Waals surface area contributed by atoms with E-state index in [0.717, 1.165) is 42.3 Å². The number of fused-ring (bicyclic) bond motifs is 1. The quantitative estimate of drug-likeness (QED) is 0.758. The lowest BCUT2D eigenvalue weighted by atomic mass is 9.87. The molecule has 25 heavy (non-hydrogen) atoms. The highest BCUT2D eigenvalue weighted by Gasteiger charge is 2.37. The summed E-state index contributed by atoms with van der Waals surface area (Å²) < 4.78 is 0. The van der Waals surface area contributed by atoms with E-state index in [4.69, 9.17) is 0 Å². The van der Waals surface area contributed by atoms with E-state index in [2.05, 4.69) is 46.7 Å². The molecule has 0 bridgehead atoms. The van der Waals surface area contributed by atoms with Crippen molar-refractivity contribution in [2.45, 2.75) is 44.6 Å². The van der Waals surface area contributed by atoms with Gasteiger partial charge in [0.25, 0.3) is 0 Å². The number of aromatic amines is 1. The minimum absolute atomic E-state index is 0.0535. The van der Waals surface area contributed by atoms with Gasteiger partial charge < -0.3 is 5.32 Å². The van der Waals surface area contributed by atoms with Crippen LogP contribution in [0.25, 0.3) is 10.9 Å². The molecule has 1 aliphatic carbocycles. The summed E-state index contributed by atoms with van der Waals surface area (Å²) in [7, 11) is 0. The van der Waals surface area contributed by atoms with Crippen molar-refractivity contribution < 1.29 is 4.79 Å². The highest BCUT2D eigenvalue weighted by molar-refractivity contribution is 5.87. The van der Waals surface area contributed by atoms with Gasteiger partial charge in [0.15, 0.2) is 0 Å². The Labute approximate surface area is 147 Å². The molecule has 1 heterocycles. The van der Waals surface area contributed by atoms with Gasteiger partial charge in [0, 0.05) is 5.39 Å². The van der Waals surface area contributed by atoms with Crippen molar-refractivity contribution in [2.24, 2.45) is 0 Å². The monoisotopic (exact) mass is 333 g/mol. The average Bonchev–Trinajstić information content (AvgIpc) is 3.23. The van der Waals surface area contributed by atoms with Gasteiger partial charge in [0.2, 0.25) is 5.91 Å². The molecule has 1 aliphatic rings. The number of para-hydroxylation sites is 1. The minimum atomic E-state index is -0.223. The van der Waals surface area contributed by atoms with E-state index in [9.17, 15) is 4.79 Å². The molecule has 1 fully saturated rings. The SMILES string of the molecule is Cc1cccc(C2(NC(=O)Cc3[nH]nc4ccccc34)CCCC2)c1. The summed E-state index contributed by atoms with van der Waals surface area (Å²) in [6, 6.07) is 16.4. The molecule has 2 N–H and O–H groups in total. The molecule has 3 aromatic rings. The molecular formula is C21H23N3O. The zero-order valence-electron chi connectivity index (χ0n) is 14.5. The van der Waals surface area contributed by atoms with E-state index >= 15 is 0 Å². The van der Waals surface area contributed by atoms with Gasteiger partial charge in [0.05, 0.1) is 23.2 Å². The summed E-state index contributed by atoms with van der Waals surface area (Å²) in [5, 5.41) is 11.7. The van der Waals surface area contributed by atoms with Gasteiger partial charge in [-0.3, -0.25) is 9.89 Å². The molecule has 2 aromatic carbocycles. The first-order valence-electron chi connectivity index (χ1n) is 8.96. The standard InChI is InChI=1S/C21H23N3O/c1-15-7-6-8-16(13-15)21(11-4-5-12-21)22-20(25)14-19-17-9-2-3-10-18(17)23-24-19/h2-3,6-10,13H,4-5,11-12,14H2,1H3,(H,22,25)(H,23,24). The Morgan fingerprint density at radius 1 is 1.16 bits per heavy atom. The lowest BCUT2D eigenvalue weighted by molar-refractivity contribution is -0.122. The van der Waals surface area contributed by atoms with Gasteiger partial charge in [0.1, 0.15) is 0 Å². The Morgan fingerprint density at radius 3 is 2.76 bits per heavy atom. The largest absolute Gasteiger partial charge is 0.346 e. The second-order valence-electron chi connectivity index (χ2n) is 7.10. The fraction of sp³-hybridized carbons (Fsp3) is 0.333. The Morgan fingerprint density at radius 2 is 1.96 bits per heavy atom. The number of benzene rings is 2. The van der Waals surface area contributed by atoms with Gasteiger partial charge in [-0.25, -0.2) is 0 Å². The third-order valence-corrected chi connectivity index (χ3v) is 5.28. The van der Waals surface area contributed by atoms with E-state index in [0.29, 0.717) is 6.42 Å². The van der Waals surface area contributed by atoms with Crippen LogP contribution in [0.3, 0.4) is 0 Å². The summed E-state index contributed by atoms with van der Waals surface area (Å²) in [5.41, 5.74) is 4.02. The van der Waals surface area contributed by atoms with E-state index in [1.807, 2.05) is 24.3 Å². The van der Waals surface area contributed by atoms with Crippen LogP contribution in [0.4, 0.5) is 0 Å². The van der Waals surface area contributed by atoms with Crippen LogP contribution < -0.4 is 5.32 Å². The topological polar surface area (TPSA) is 57.8 Å². The third kappa shape index (κ3) is 3.04. The molecule has 0 atom stereocenters. The molecular weight excluding hydrogens is 310 g/mol. The normalized spacial score (nSPS) is 16.2. The fourth-order valence-corrected chi connectivity index (χ4v) is 4.03. The second-order valence-corrected chi connectivity index (χ2v) is 7.10. The smallest absolute Gasteiger partial charge is 0.226 e. The van der Waals surface area contributed by atoms with Gasteiger partial charge in [-0.1, -0.05) is 60.9 Å². The molecule has 0 radical (unpaired) electrons. The molecule has 0 aliphatic heterocycles. The van der Waals surface area contributed by atoms with Crippen LogP contribution >= 0.6 is 0 Å². The molecule has 1 aromatic heterocycles. The molecule has 1 saturated carbocycles. The average molecular weight is 333 g/mol. The van der Waals surface area contributed by atoms with Crippen LogP contribution in [0.15, 0.2) is 48.5 Å². The summed E-state index contributed by atoms with van der Waals surface area (Å²) in [4.78, 5) is 12.8. The summed E-state index contributed by atoms with van der Waals surface area (Å²) in [6.45, 7) is 2.10. The Balaban J connectivity index is 1.57. The lowest BCUT2D eigenvalue weighted by Crippen LogP contribution is -2.44. The van der Waals surface area contributed by atoms with Crippen LogP contribution in [0.5, 0.6) is 0 Å². The number of nitrogens with one attached hydrogen (secondary N) is 2. The van der Waals surface area contributed by atoms with Crippen molar-refractivity contribution >= 4 is 16.8 Å². The van der Waals surface area contributed by atoms with Gasteiger partial charge in [-0.2, -0.15) is 5.10 Å². The van der Waals surface area contributed by atoms with Crippen LogP contribution in [-0.4, -0.2) is 16.1 Å². The number of aryl methyl sites for hydroxylation is 1. The van der Waals surface area contributed by atoms with Gasteiger partial charge in [-0.15, -0.1) is 0 Å². The van der Waals surface area contributed by atoms with Crippen LogP contribution in [0, 0.1) is 6.92 Å². The molecule has 1 amide bonds. The zero-order valence-corrected chi connectivity index (χ0v) is 14.5. The van der Waals surface area contributed by atoms with E-state index in [1.54, 1.807) is 0 Å². The Bertz CT molecular complexity index is 906. The molecule has 4 heteroatoms. The zero-order chi connectivity index (χ0) is 17.3. The molecule has 0 unspecified atom stereocenters. The van der Waals surface area contributed by atoms with Crippen molar-refractivity contribution in [1.82, 2.24) is 15.5 Å². The first kappa shape index (κ1) is 15.9. The lowest BCUT2D eigenvalue weighted by Gasteiger charge is -2.31. The molecule has 4 rings (SSSR count). The maximum absolute atomic E-state index is 12.8. The van der Waals surface area contributed by atoms with Crippen molar-refractivity contribution in [2.75, 3.05) is 0 Å². The van der Waals surface area contributed by atoms with Crippen molar-refractivity contribution in [1.29, 1.82) is 0 Å². The van der Waals surface area contributed by atoms with E-state index in [1.165, 1.54) is 11.1 Å². The summed E-state index contributed by atoms with van der Waals surface area (Å²) in [6.07, 6.45) is 4.65. The summed E-state index contributed by atoms with van der Waals surface area (Å²) in [5.74, 6) is 0.0535. The van der Waals surface area contributed by atoms with Gasteiger partial charge in [-0.05, 0) is 31.4 Å². The second kappa shape index (κ2) is 6.36. The van der Waals surface area contributed by atoms with Crippen LogP contribution in [-0.2, 0) is 16.8 Å². The predicted molar refractivity (Wildman–Crippen MR) is 99.3 cm³/mol. The number of hydrogen-bond donors (Lipinski definition) is 2. The molecule has 0 spiro atoms. The van der Waals surface area contributed by atoms with E-state index in [-0.39, 0.29) is 11.4 Å². The van der Waals surface area contributed by atoms with Crippen molar-refractivity contribution in [3.05, 3.63) is 65.4 Å². The maximum atomic E-state index is 12.8. The number of nitrogens with zero attached hydrogens (tertiary/aromatic N) is 1. The number of rotatable bonds is 4. The summed E-state index contributed by atoms with van der Waals surface area (Å²) >= 11 is 0. The highest BCUT2D eigenvalue weighted by Crippen LogP contribution is 2.39. The first-order valence-corrected chi connectivity index (χ1v) is 8.96. The third-order valence-electron chi connectivity index (χ3n) is 5.28. The number of amides is 1. The number of aromatic nitrogens is 2. The van der Waals surface area contributed by atoms with Crippen molar-refractivity contribution in [3.8, 4) is 0 Å². The number of carbonyl (C=O) groups excluding carboxylic acids is 1. The number of hydrogen-bond acceptors (Lipinski definition) is 2. The van der Waals surface area contributed by atoms with Crippen molar-refractivity contribution in [3.63, 3.8) is 0 Å². The molecule has 4 nitrogen and oxygen atoms in total. The van der Waals surface area contributed by atoms with Crippen LogP contribution in [0.2, 0.25) is 0 Å². The number of carbonyl (C=O) groups is 1. The van der Waals surface area contributed by atoms with Crippen LogP contribution in [0.1, 0.15) is 42.5 Å². The highest BCUT2D eigenvalue weighted by atomic mass is 16.1. The van der Waals surface area contributed by atoms with E-state index < -0.39 is 0 Å². The number of H-pyrrole nitrogens is 1. The molecule has 0 saturated heterocycles. The fourth-order valence-electron chi connectivity index (χ4n) is 4.03. The first-order chi connectivity index (χ1) is 12.2. The predicted octanol–water partition coefficient (Wildman–Crippen LogP) is 4.00. The maximum Gasteiger partial charge on any atom is 0.226 e. The Kier molecular flexibility index (Phi) is 4.04. The minimum Gasteiger partial charge on any atom is -0.346 e. The van der Waals surface area contributed by atoms with Gasteiger partial charge >= 0.3 is 0 Å².